The molecule has 0 fully saturated rings. The van der Waals surface area contributed by atoms with E-state index >= 15 is 0 Å². The van der Waals surface area contributed by atoms with Crippen molar-refractivity contribution in [2.75, 3.05) is 5.32 Å². The average molecular weight is 238 g/mol. The standard InChI is InChI=1S/C11H12ClN3O/c1-3-4-8(13)11(16)15-9-5-6-10(12)14-7(9)2/h1,5-6,8H,4,13H2,2H3,(H,15,16). The van der Waals surface area contributed by atoms with Crippen molar-refractivity contribution in [2.45, 2.75) is 19.4 Å². The molecule has 1 unspecified atom stereocenters. The Bertz CT molecular complexity index is 439. The minimum atomic E-state index is -0.708. The minimum absolute atomic E-state index is 0.200. The lowest BCUT2D eigenvalue weighted by Crippen LogP contribution is -2.35. The van der Waals surface area contributed by atoms with Gasteiger partial charge in [-0.3, -0.25) is 4.79 Å². The number of nitrogens with zero attached hydrogens (tertiary/aromatic N) is 1. The van der Waals surface area contributed by atoms with Crippen LogP contribution in [0.4, 0.5) is 5.69 Å². The highest BCUT2D eigenvalue weighted by Crippen LogP contribution is 2.15. The minimum Gasteiger partial charge on any atom is -0.323 e. The molecule has 0 bridgehead atoms. The zero-order valence-corrected chi connectivity index (χ0v) is 9.58. The van der Waals surface area contributed by atoms with Crippen LogP contribution >= 0.6 is 11.6 Å². The van der Waals surface area contributed by atoms with Crippen molar-refractivity contribution in [1.29, 1.82) is 0 Å². The molecule has 16 heavy (non-hydrogen) atoms. The second-order valence-corrected chi connectivity index (χ2v) is 3.66. The molecule has 0 aliphatic heterocycles. The Morgan fingerprint density at radius 2 is 2.44 bits per heavy atom. The number of carbonyl (C=O) groups excluding carboxylic acids is 1. The van der Waals surface area contributed by atoms with Gasteiger partial charge in [0, 0.05) is 6.42 Å². The van der Waals surface area contributed by atoms with Gasteiger partial charge in [0.15, 0.2) is 0 Å². The predicted molar refractivity (Wildman–Crippen MR) is 64.0 cm³/mol. The van der Waals surface area contributed by atoms with Crippen LogP contribution < -0.4 is 11.1 Å². The smallest absolute Gasteiger partial charge is 0.242 e. The molecule has 0 aliphatic rings. The van der Waals surface area contributed by atoms with E-state index in [0.717, 1.165) is 0 Å². The van der Waals surface area contributed by atoms with Crippen molar-refractivity contribution in [1.82, 2.24) is 4.98 Å². The van der Waals surface area contributed by atoms with Gasteiger partial charge in [-0.25, -0.2) is 4.98 Å². The second kappa shape index (κ2) is 5.50. The molecule has 1 rings (SSSR count). The quantitative estimate of drug-likeness (QED) is 0.616. The Morgan fingerprint density at radius 3 is 3.00 bits per heavy atom. The van der Waals surface area contributed by atoms with Crippen LogP contribution in [0, 0.1) is 19.3 Å². The van der Waals surface area contributed by atoms with E-state index in [4.69, 9.17) is 23.8 Å². The Balaban J connectivity index is 2.74. The number of hydrogen-bond acceptors (Lipinski definition) is 3. The van der Waals surface area contributed by atoms with Gasteiger partial charge in [-0.1, -0.05) is 11.6 Å². The van der Waals surface area contributed by atoms with Crippen LogP contribution in [0.2, 0.25) is 5.15 Å². The predicted octanol–water partition coefficient (Wildman–Crippen LogP) is 1.33. The van der Waals surface area contributed by atoms with Crippen LogP contribution in [-0.4, -0.2) is 16.9 Å². The van der Waals surface area contributed by atoms with Gasteiger partial charge >= 0.3 is 0 Å². The fraction of sp³-hybridized carbons (Fsp3) is 0.273. The maximum absolute atomic E-state index is 11.5. The number of carbonyl (C=O) groups is 1. The first-order valence-electron chi connectivity index (χ1n) is 4.67. The summed E-state index contributed by atoms with van der Waals surface area (Å²) in [5.74, 6) is 2.01. The SMILES string of the molecule is C#CCC(N)C(=O)Nc1ccc(Cl)nc1C. The van der Waals surface area contributed by atoms with E-state index in [1.165, 1.54) is 0 Å². The van der Waals surface area contributed by atoms with Crippen molar-refractivity contribution in [2.24, 2.45) is 5.73 Å². The van der Waals surface area contributed by atoms with Crippen molar-refractivity contribution >= 4 is 23.2 Å². The zero-order chi connectivity index (χ0) is 12.1. The van der Waals surface area contributed by atoms with Gasteiger partial charge in [-0.05, 0) is 19.1 Å². The summed E-state index contributed by atoms with van der Waals surface area (Å²) < 4.78 is 0. The number of halogens is 1. The number of aryl methyl sites for hydroxylation is 1. The maximum Gasteiger partial charge on any atom is 0.242 e. The fourth-order valence-electron chi connectivity index (χ4n) is 1.11. The van der Waals surface area contributed by atoms with Gasteiger partial charge < -0.3 is 11.1 Å². The van der Waals surface area contributed by atoms with Crippen molar-refractivity contribution in [3.8, 4) is 12.3 Å². The monoisotopic (exact) mass is 237 g/mol. The molecular formula is C11H12ClN3O. The third kappa shape index (κ3) is 3.23. The lowest BCUT2D eigenvalue weighted by Gasteiger charge is -2.11. The number of hydrogen-bond donors (Lipinski definition) is 2. The lowest BCUT2D eigenvalue weighted by atomic mass is 10.2. The molecular weight excluding hydrogens is 226 g/mol. The first-order valence-corrected chi connectivity index (χ1v) is 5.05. The molecule has 0 saturated heterocycles. The largest absolute Gasteiger partial charge is 0.323 e. The number of nitrogens with two attached hydrogens (primary N) is 1. The highest BCUT2D eigenvalue weighted by Gasteiger charge is 2.13. The first kappa shape index (κ1) is 12.5. The number of amides is 1. The Labute approximate surface area is 99.2 Å². The zero-order valence-electron chi connectivity index (χ0n) is 8.83. The van der Waals surface area contributed by atoms with E-state index in [1.54, 1.807) is 19.1 Å². The molecule has 1 atom stereocenters. The van der Waals surface area contributed by atoms with Crippen molar-refractivity contribution in [3.63, 3.8) is 0 Å². The van der Waals surface area contributed by atoms with Gasteiger partial charge in [-0.2, -0.15) is 0 Å². The van der Waals surface area contributed by atoms with Crippen LogP contribution in [0.25, 0.3) is 0 Å². The summed E-state index contributed by atoms with van der Waals surface area (Å²) in [5, 5.41) is 3.02. The van der Waals surface area contributed by atoms with Crippen LogP contribution in [0.3, 0.4) is 0 Å². The molecule has 0 saturated carbocycles. The molecule has 84 valence electrons. The van der Waals surface area contributed by atoms with Crippen molar-refractivity contribution < 1.29 is 4.79 Å². The van der Waals surface area contributed by atoms with Gasteiger partial charge in [0.25, 0.3) is 0 Å². The third-order valence-corrected chi connectivity index (χ3v) is 2.19. The summed E-state index contributed by atoms with van der Waals surface area (Å²) >= 11 is 5.69. The van der Waals surface area contributed by atoms with Crippen LogP contribution in [0.1, 0.15) is 12.1 Å². The van der Waals surface area contributed by atoms with E-state index in [2.05, 4.69) is 16.2 Å². The summed E-state index contributed by atoms with van der Waals surface area (Å²) in [5.41, 5.74) is 6.77. The highest BCUT2D eigenvalue weighted by atomic mass is 35.5. The molecule has 3 N–H and O–H groups in total. The number of anilines is 1. The Hall–Kier alpha value is -1.57. The van der Waals surface area contributed by atoms with Gasteiger partial charge in [-0.15, -0.1) is 12.3 Å². The normalized spacial score (nSPS) is 11.6. The molecule has 0 radical (unpaired) electrons. The van der Waals surface area contributed by atoms with E-state index in [-0.39, 0.29) is 12.3 Å². The summed E-state index contributed by atoms with van der Waals surface area (Å²) in [6, 6.07) is 2.56. The molecule has 4 nitrogen and oxygen atoms in total. The molecule has 0 spiro atoms. The molecule has 0 aromatic carbocycles. The molecule has 5 heteroatoms. The van der Waals surface area contributed by atoms with E-state index in [0.29, 0.717) is 16.5 Å². The number of aromatic nitrogens is 1. The van der Waals surface area contributed by atoms with Gasteiger partial charge in [0.1, 0.15) is 5.15 Å². The molecule has 1 amide bonds. The lowest BCUT2D eigenvalue weighted by molar-refractivity contribution is -0.117. The van der Waals surface area contributed by atoms with Crippen LogP contribution in [-0.2, 0) is 4.79 Å². The highest BCUT2D eigenvalue weighted by molar-refractivity contribution is 6.29. The summed E-state index contributed by atoms with van der Waals surface area (Å²) in [6.07, 6.45) is 5.27. The first-order chi connectivity index (χ1) is 7.54. The molecule has 0 aliphatic carbocycles. The fourth-order valence-corrected chi connectivity index (χ4v) is 1.30. The summed E-state index contributed by atoms with van der Waals surface area (Å²) in [7, 11) is 0. The van der Waals surface area contributed by atoms with Crippen LogP contribution in [0.5, 0.6) is 0 Å². The van der Waals surface area contributed by atoms with E-state index in [1.807, 2.05) is 0 Å². The number of terminal acetylenes is 1. The summed E-state index contributed by atoms with van der Waals surface area (Å²) in [6.45, 7) is 1.74. The maximum atomic E-state index is 11.5. The number of nitrogens with one attached hydrogen (secondary N) is 1. The Morgan fingerprint density at radius 1 is 1.75 bits per heavy atom. The average Bonchev–Trinajstić information content (AvgIpc) is 2.22. The van der Waals surface area contributed by atoms with Gasteiger partial charge in [0.05, 0.1) is 17.4 Å². The second-order valence-electron chi connectivity index (χ2n) is 3.27. The van der Waals surface area contributed by atoms with E-state index < -0.39 is 6.04 Å². The molecule has 1 aromatic heterocycles. The number of rotatable bonds is 3. The van der Waals surface area contributed by atoms with E-state index in [9.17, 15) is 4.79 Å². The van der Waals surface area contributed by atoms with Gasteiger partial charge in [0.2, 0.25) is 5.91 Å². The third-order valence-electron chi connectivity index (χ3n) is 1.98. The van der Waals surface area contributed by atoms with Crippen molar-refractivity contribution in [3.05, 3.63) is 23.0 Å². The molecule has 1 heterocycles. The summed E-state index contributed by atoms with van der Waals surface area (Å²) in [4.78, 5) is 15.5. The Kier molecular flexibility index (Phi) is 4.29. The number of pyridine rings is 1. The topological polar surface area (TPSA) is 68.0 Å². The van der Waals surface area contributed by atoms with Crippen LogP contribution in [0.15, 0.2) is 12.1 Å². The molecule has 1 aromatic rings.